The fraction of sp³-hybridized carbons (Fsp3) is 0.136. The molecule has 0 aliphatic carbocycles. The number of aromatic nitrogens is 2. The molecule has 0 aliphatic rings. The second kappa shape index (κ2) is 9.65. The molecule has 2 N–H and O–H groups in total. The molecule has 0 radical (unpaired) electrons. The maximum Gasteiger partial charge on any atom is 0.433 e. The van der Waals surface area contributed by atoms with E-state index in [-0.39, 0.29) is 11.0 Å². The molecule has 5 nitrogen and oxygen atoms in total. The Balaban J connectivity index is 1.84. The van der Waals surface area contributed by atoms with Gasteiger partial charge in [-0.25, -0.2) is 9.97 Å². The van der Waals surface area contributed by atoms with Crippen LogP contribution < -0.4 is 10.6 Å². The summed E-state index contributed by atoms with van der Waals surface area (Å²) in [6.07, 6.45) is -3.49. The van der Waals surface area contributed by atoms with Gasteiger partial charge in [-0.15, -0.1) is 0 Å². The summed E-state index contributed by atoms with van der Waals surface area (Å²) in [5.74, 6) is 0.0422. The molecule has 1 aromatic heterocycles. The molecule has 31 heavy (non-hydrogen) atoms. The third-order valence-electron chi connectivity index (χ3n) is 4.03. The van der Waals surface area contributed by atoms with E-state index in [4.69, 9.17) is 0 Å². The lowest BCUT2D eigenvalue weighted by Gasteiger charge is -2.12. The van der Waals surface area contributed by atoms with Crippen LogP contribution in [0, 0.1) is 6.92 Å². The molecule has 0 aliphatic heterocycles. The van der Waals surface area contributed by atoms with Crippen LogP contribution in [0.25, 0.3) is 0 Å². The number of rotatable bonds is 7. The van der Waals surface area contributed by atoms with Crippen molar-refractivity contribution in [2.24, 2.45) is 0 Å². The highest BCUT2D eigenvalue weighted by atomic mass is 32.2. The maximum absolute atomic E-state index is 13.4. The number of hydrogen-bond donors (Lipinski definition) is 2. The van der Waals surface area contributed by atoms with Crippen molar-refractivity contribution in [3.05, 3.63) is 84.1 Å². The summed E-state index contributed by atoms with van der Waals surface area (Å²) in [6.45, 7) is 5.33. The van der Waals surface area contributed by atoms with Gasteiger partial charge in [0.05, 0.1) is 0 Å². The SMILES string of the molecule is C=CC(=O)Nc1cccc(Nc2cc(C(F)(F)F)nc(SCc3cccc(C)c3)n2)c1. The number of amides is 1. The van der Waals surface area contributed by atoms with Crippen molar-refractivity contribution in [2.75, 3.05) is 10.6 Å². The highest BCUT2D eigenvalue weighted by molar-refractivity contribution is 7.98. The van der Waals surface area contributed by atoms with Crippen molar-refractivity contribution in [3.63, 3.8) is 0 Å². The predicted octanol–water partition coefficient (Wildman–Crippen LogP) is 5.96. The molecule has 0 fully saturated rings. The van der Waals surface area contributed by atoms with Crippen molar-refractivity contribution in [2.45, 2.75) is 24.0 Å². The molecule has 9 heteroatoms. The quantitative estimate of drug-likeness (QED) is 0.267. The van der Waals surface area contributed by atoms with Gasteiger partial charge in [-0.05, 0) is 36.8 Å². The van der Waals surface area contributed by atoms with E-state index >= 15 is 0 Å². The fourth-order valence-electron chi connectivity index (χ4n) is 2.66. The third-order valence-corrected chi connectivity index (χ3v) is 4.95. The topological polar surface area (TPSA) is 66.9 Å². The number of hydrogen-bond acceptors (Lipinski definition) is 5. The van der Waals surface area contributed by atoms with Crippen LogP contribution in [0.15, 0.2) is 72.4 Å². The lowest BCUT2D eigenvalue weighted by molar-refractivity contribution is -0.141. The largest absolute Gasteiger partial charge is 0.433 e. The number of nitrogens with one attached hydrogen (secondary N) is 2. The van der Waals surface area contributed by atoms with Crippen LogP contribution in [0.2, 0.25) is 0 Å². The van der Waals surface area contributed by atoms with Crippen LogP contribution in [0.4, 0.5) is 30.4 Å². The van der Waals surface area contributed by atoms with Crippen LogP contribution in [0.1, 0.15) is 16.8 Å². The van der Waals surface area contributed by atoms with Crippen LogP contribution in [0.3, 0.4) is 0 Å². The molecule has 160 valence electrons. The molecule has 0 bridgehead atoms. The Morgan fingerprint density at radius 2 is 1.84 bits per heavy atom. The number of nitrogens with zero attached hydrogens (tertiary/aromatic N) is 2. The van der Waals surface area contributed by atoms with Crippen molar-refractivity contribution in [3.8, 4) is 0 Å². The van der Waals surface area contributed by atoms with Gasteiger partial charge in [0.15, 0.2) is 10.9 Å². The van der Waals surface area contributed by atoms with E-state index in [1.165, 1.54) is 0 Å². The normalized spacial score (nSPS) is 11.1. The van der Waals surface area contributed by atoms with Gasteiger partial charge in [-0.1, -0.05) is 54.2 Å². The Labute approximate surface area is 181 Å². The van der Waals surface area contributed by atoms with Crippen molar-refractivity contribution in [1.82, 2.24) is 9.97 Å². The minimum absolute atomic E-state index is 0.00117. The number of anilines is 3. The molecule has 0 spiro atoms. The maximum atomic E-state index is 13.4. The number of alkyl halides is 3. The molecule has 0 atom stereocenters. The van der Waals surface area contributed by atoms with Gasteiger partial charge in [0.25, 0.3) is 0 Å². The average molecular weight is 444 g/mol. The number of carbonyl (C=O) groups is 1. The molecule has 2 aromatic carbocycles. The summed E-state index contributed by atoms with van der Waals surface area (Å²) in [7, 11) is 0. The summed E-state index contributed by atoms with van der Waals surface area (Å²) < 4.78 is 40.1. The van der Waals surface area contributed by atoms with E-state index in [9.17, 15) is 18.0 Å². The monoisotopic (exact) mass is 444 g/mol. The Morgan fingerprint density at radius 3 is 2.55 bits per heavy atom. The van der Waals surface area contributed by atoms with Crippen LogP contribution in [-0.4, -0.2) is 15.9 Å². The standard InChI is InChI=1S/C22H19F3N4OS/c1-3-20(30)27-17-9-5-8-16(11-17)26-19-12-18(22(23,24)25)28-21(29-19)31-13-15-7-4-6-14(2)10-15/h3-12H,1,13H2,2H3,(H,27,30)(H,26,28,29). The first-order valence-electron chi connectivity index (χ1n) is 9.18. The molecule has 1 heterocycles. The summed E-state index contributed by atoms with van der Waals surface area (Å²) in [5.41, 5.74) is 1.92. The van der Waals surface area contributed by atoms with Gasteiger partial charge in [0.1, 0.15) is 5.82 Å². The molecule has 0 saturated carbocycles. The zero-order chi connectivity index (χ0) is 22.4. The molecule has 1 amide bonds. The predicted molar refractivity (Wildman–Crippen MR) is 116 cm³/mol. The van der Waals surface area contributed by atoms with Gasteiger partial charge in [0, 0.05) is 23.2 Å². The zero-order valence-corrected chi connectivity index (χ0v) is 17.3. The van der Waals surface area contributed by atoms with Crippen molar-refractivity contribution < 1.29 is 18.0 Å². The Bertz CT molecular complexity index is 1100. The van der Waals surface area contributed by atoms with E-state index in [0.717, 1.165) is 35.0 Å². The Hall–Kier alpha value is -3.33. The second-order valence-corrected chi connectivity index (χ2v) is 7.54. The number of benzene rings is 2. The number of aryl methyl sites for hydroxylation is 1. The Morgan fingerprint density at radius 1 is 1.10 bits per heavy atom. The fourth-order valence-corrected chi connectivity index (χ4v) is 3.47. The van der Waals surface area contributed by atoms with Crippen LogP contribution in [0.5, 0.6) is 0 Å². The smallest absolute Gasteiger partial charge is 0.340 e. The molecule has 0 unspecified atom stereocenters. The van der Waals surface area contributed by atoms with Crippen LogP contribution in [-0.2, 0) is 16.7 Å². The first kappa shape index (κ1) is 22.4. The van der Waals surface area contributed by atoms with Gasteiger partial charge in [0.2, 0.25) is 5.91 Å². The van der Waals surface area contributed by atoms with Gasteiger partial charge >= 0.3 is 6.18 Å². The van der Waals surface area contributed by atoms with Gasteiger partial charge in [-0.3, -0.25) is 4.79 Å². The summed E-state index contributed by atoms with van der Waals surface area (Å²) >= 11 is 1.12. The van der Waals surface area contributed by atoms with E-state index < -0.39 is 17.8 Å². The Kier molecular flexibility index (Phi) is 6.96. The van der Waals surface area contributed by atoms with Crippen molar-refractivity contribution >= 4 is 34.9 Å². The summed E-state index contributed by atoms with van der Waals surface area (Å²) in [6, 6.07) is 15.1. The van der Waals surface area contributed by atoms with E-state index in [2.05, 4.69) is 27.2 Å². The van der Waals surface area contributed by atoms with Crippen LogP contribution >= 0.6 is 11.8 Å². The van der Waals surface area contributed by atoms with Gasteiger partial charge in [-0.2, -0.15) is 13.2 Å². The highest BCUT2D eigenvalue weighted by Crippen LogP contribution is 2.32. The van der Waals surface area contributed by atoms with Gasteiger partial charge < -0.3 is 10.6 Å². The lowest BCUT2D eigenvalue weighted by Crippen LogP contribution is -2.11. The molecular weight excluding hydrogens is 425 g/mol. The summed E-state index contributed by atoms with van der Waals surface area (Å²) in [4.78, 5) is 19.4. The minimum Gasteiger partial charge on any atom is -0.340 e. The number of carbonyl (C=O) groups excluding carboxylic acids is 1. The summed E-state index contributed by atoms with van der Waals surface area (Å²) in [5, 5.41) is 5.46. The molecule has 0 saturated heterocycles. The number of halogens is 3. The first-order chi connectivity index (χ1) is 14.7. The lowest BCUT2D eigenvalue weighted by atomic mass is 10.2. The van der Waals surface area contributed by atoms with E-state index in [0.29, 0.717) is 17.1 Å². The first-order valence-corrected chi connectivity index (χ1v) is 10.2. The molecule has 3 aromatic rings. The second-order valence-electron chi connectivity index (χ2n) is 6.60. The average Bonchev–Trinajstić information content (AvgIpc) is 2.72. The molecular formula is C22H19F3N4OS. The zero-order valence-electron chi connectivity index (χ0n) is 16.5. The minimum atomic E-state index is -4.61. The number of thioether (sulfide) groups is 1. The third kappa shape index (κ3) is 6.58. The van der Waals surface area contributed by atoms with Crippen molar-refractivity contribution in [1.29, 1.82) is 0 Å². The van der Waals surface area contributed by atoms with E-state index in [1.807, 2.05) is 31.2 Å². The highest BCUT2D eigenvalue weighted by Gasteiger charge is 2.33. The molecule has 3 rings (SSSR count). The van der Waals surface area contributed by atoms with E-state index in [1.54, 1.807) is 24.3 Å².